The quantitative estimate of drug-likeness (QED) is 0.808. The van der Waals surface area contributed by atoms with E-state index in [1.165, 1.54) is 0 Å². The molecule has 0 amide bonds. The predicted octanol–water partition coefficient (Wildman–Crippen LogP) is 3.55. The molecular formula is C21H27NO3. The molecule has 2 aromatic carbocycles. The summed E-state index contributed by atoms with van der Waals surface area (Å²) in [5.74, 6) is -1.01. The van der Waals surface area contributed by atoms with Gasteiger partial charge in [0.25, 0.3) is 0 Å². The summed E-state index contributed by atoms with van der Waals surface area (Å²) in [4.78, 5) is 13.8. The van der Waals surface area contributed by atoms with Crippen LogP contribution in [0.15, 0.2) is 60.7 Å². The van der Waals surface area contributed by atoms with Crippen LogP contribution >= 0.6 is 0 Å². The van der Waals surface area contributed by atoms with E-state index in [1.54, 1.807) is 0 Å². The van der Waals surface area contributed by atoms with E-state index in [2.05, 4.69) is 0 Å². The van der Waals surface area contributed by atoms with Crippen molar-refractivity contribution in [3.8, 4) is 0 Å². The molecule has 0 heterocycles. The van der Waals surface area contributed by atoms with Gasteiger partial charge in [-0.05, 0) is 16.5 Å². The van der Waals surface area contributed by atoms with E-state index < -0.39 is 23.5 Å². The molecule has 25 heavy (non-hydrogen) atoms. The minimum atomic E-state index is -1.01. The van der Waals surface area contributed by atoms with Gasteiger partial charge < -0.3 is 10.2 Å². The first-order valence-corrected chi connectivity index (χ1v) is 8.52. The smallest absolute Gasteiger partial charge is 0.323 e. The Morgan fingerprint density at radius 3 is 1.64 bits per heavy atom. The second-order valence-electron chi connectivity index (χ2n) is 7.47. The Labute approximate surface area is 149 Å². The molecule has 2 rings (SSSR count). The highest BCUT2D eigenvalue weighted by molar-refractivity contribution is 5.74. The van der Waals surface area contributed by atoms with Gasteiger partial charge in [0.05, 0.1) is 6.10 Å². The third-order valence-corrected chi connectivity index (χ3v) is 4.29. The molecule has 0 aliphatic rings. The van der Waals surface area contributed by atoms with Crippen molar-refractivity contribution in [2.75, 3.05) is 0 Å². The minimum absolute atomic E-state index is 0.458. The van der Waals surface area contributed by atoms with Crippen LogP contribution in [0.1, 0.15) is 31.9 Å². The molecule has 0 radical (unpaired) electrons. The summed E-state index contributed by atoms with van der Waals surface area (Å²) >= 11 is 0. The highest BCUT2D eigenvalue weighted by atomic mass is 16.4. The topological polar surface area (TPSA) is 60.8 Å². The molecule has 0 bridgehead atoms. The number of hydrogen-bond donors (Lipinski definition) is 2. The lowest BCUT2D eigenvalue weighted by Crippen LogP contribution is -2.52. The van der Waals surface area contributed by atoms with Crippen LogP contribution in [0.3, 0.4) is 0 Å². The molecule has 0 aliphatic carbocycles. The van der Waals surface area contributed by atoms with E-state index in [0.29, 0.717) is 13.1 Å². The number of nitrogens with zero attached hydrogens (tertiary/aromatic N) is 1. The summed E-state index contributed by atoms with van der Waals surface area (Å²) in [5.41, 5.74) is 1.51. The Morgan fingerprint density at radius 1 is 0.920 bits per heavy atom. The number of aliphatic hydroxyl groups excluding tert-OH is 1. The van der Waals surface area contributed by atoms with E-state index in [1.807, 2.05) is 86.3 Å². The van der Waals surface area contributed by atoms with Crippen LogP contribution in [0.25, 0.3) is 0 Å². The van der Waals surface area contributed by atoms with Crippen molar-refractivity contribution in [3.05, 3.63) is 71.8 Å². The van der Waals surface area contributed by atoms with Gasteiger partial charge in [0.15, 0.2) is 0 Å². The van der Waals surface area contributed by atoms with E-state index >= 15 is 0 Å². The molecule has 0 aromatic heterocycles. The Balaban J connectivity index is 2.34. The van der Waals surface area contributed by atoms with Gasteiger partial charge in [-0.3, -0.25) is 9.69 Å². The molecule has 0 saturated carbocycles. The lowest BCUT2D eigenvalue weighted by atomic mass is 9.83. The van der Waals surface area contributed by atoms with Gasteiger partial charge >= 0.3 is 5.97 Å². The summed E-state index contributed by atoms with van der Waals surface area (Å²) in [6, 6.07) is 18.5. The maximum atomic E-state index is 12.0. The van der Waals surface area contributed by atoms with Crippen molar-refractivity contribution >= 4 is 5.97 Å². The number of carboxylic acids is 1. The minimum Gasteiger partial charge on any atom is -0.480 e. The maximum absolute atomic E-state index is 12.0. The lowest BCUT2D eigenvalue weighted by molar-refractivity contribution is -0.152. The molecule has 4 nitrogen and oxygen atoms in total. The van der Waals surface area contributed by atoms with Crippen LogP contribution in [-0.4, -0.2) is 33.2 Å². The van der Waals surface area contributed by atoms with E-state index in [9.17, 15) is 15.0 Å². The molecule has 0 fully saturated rings. The van der Waals surface area contributed by atoms with Crippen LogP contribution in [0, 0.1) is 5.41 Å². The Hall–Kier alpha value is -2.17. The lowest BCUT2D eigenvalue weighted by Gasteiger charge is -2.37. The summed E-state index contributed by atoms with van der Waals surface area (Å²) in [7, 11) is 0. The second-order valence-corrected chi connectivity index (χ2v) is 7.47. The molecular weight excluding hydrogens is 314 g/mol. The van der Waals surface area contributed by atoms with Gasteiger partial charge in [0.2, 0.25) is 0 Å². The molecule has 2 N–H and O–H groups in total. The number of aliphatic carboxylic acids is 1. The van der Waals surface area contributed by atoms with Crippen molar-refractivity contribution in [1.29, 1.82) is 0 Å². The number of carbonyl (C=O) groups is 1. The van der Waals surface area contributed by atoms with Gasteiger partial charge in [0.1, 0.15) is 6.04 Å². The first kappa shape index (κ1) is 19.2. The van der Waals surface area contributed by atoms with Crippen molar-refractivity contribution in [2.45, 2.75) is 46.0 Å². The zero-order valence-corrected chi connectivity index (χ0v) is 15.1. The standard InChI is InChI=1S/C21H27NO3/c1-21(2,3)19(23)18(20(24)25)22(14-16-10-6-4-7-11-16)15-17-12-8-5-9-13-17/h4-13,18-19,23H,14-15H2,1-3H3,(H,24,25)/t18-,19-/m0/s1. The fourth-order valence-corrected chi connectivity index (χ4v) is 2.85. The van der Waals surface area contributed by atoms with Crippen LogP contribution < -0.4 is 0 Å². The first-order valence-electron chi connectivity index (χ1n) is 8.52. The van der Waals surface area contributed by atoms with Gasteiger partial charge in [-0.2, -0.15) is 0 Å². The molecule has 2 aromatic rings. The Bertz CT molecular complexity index is 623. The fourth-order valence-electron chi connectivity index (χ4n) is 2.85. The van der Waals surface area contributed by atoms with Crippen molar-refractivity contribution in [1.82, 2.24) is 4.90 Å². The normalized spacial score (nSPS) is 14.3. The number of hydrogen-bond acceptors (Lipinski definition) is 3. The summed E-state index contributed by atoms with van der Waals surface area (Å²) in [6.07, 6.45) is -0.988. The third-order valence-electron chi connectivity index (χ3n) is 4.29. The van der Waals surface area contributed by atoms with Crippen molar-refractivity contribution in [3.63, 3.8) is 0 Å². The Morgan fingerprint density at radius 2 is 1.32 bits per heavy atom. The van der Waals surface area contributed by atoms with Crippen LogP contribution in [0.2, 0.25) is 0 Å². The highest BCUT2D eigenvalue weighted by Gasteiger charge is 2.39. The average Bonchev–Trinajstić information content (AvgIpc) is 2.55. The third kappa shape index (κ3) is 5.41. The van der Waals surface area contributed by atoms with E-state index in [4.69, 9.17) is 0 Å². The second kappa shape index (κ2) is 8.28. The van der Waals surface area contributed by atoms with Crippen LogP contribution in [0.5, 0.6) is 0 Å². The number of carboxylic acid groups (broad SMARTS) is 1. The molecule has 0 spiro atoms. The maximum Gasteiger partial charge on any atom is 0.323 e. The molecule has 0 aliphatic heterocycles. The number of rotatable bonds is 7. The monoisotopic (exact) mass is 341 g/mol. The summed E-state index contributed by atoms with van der Waals surface area (Å²) in [6.45, 7) is 6.49. The summed E-state index contributed by atoms with van der Waals surface area (Å²) in [5, 5.41) is 20.6. The predicted molar refractivity (Wildman–Crippen MR) is 99.0 cm³/mol. The molecule has 4 heteroatoms. The van der Waals surface area contributed by atoms with Gasteiger partial charge in [-0.1, -0.05) is 81.4 Å². The molecule has 0 unspecified atom stereocenters. The molecule has 2 atom stereocenters. The van der Waals surface area contributed by atoms with Gasteiger partial charge in [0, 0.05) is 13.1 Å². The van der Waals surface area contributed by atoms with Crippen molar-refractivity contribution in [2.24, 2.45) is 5.41 Å². The van der Waals surface area contributed by atoms with Gasteiger partial charge in [-0.15, -0.1) is 0 Å². The van der Waals surface area contributed by atoms with Crippen LogP contribution in [0.4, 0.5) is 0 Å². The summed E-state index contributed by atoms with van der Waals surface area (Å²) < 4.78 is 0. The number of benzene rings is 2. The molecule has 134 valence electrons. The highest BCUT2D eigenvalue weighted by Crippen LogP contribution is 2.27. The van der Waals surface area contributed by atoms with Crippen LogP contribution in [-0.2, 0) is 17.9 Å². The van der Waals surface area contributed by atoms with E-state index in [-0.39, 0.29) is 0 Å². The van der Waals surface area contributed by atoms with E-state index in [0.717, 1.165) is 11.1 Å². The van der Waals surface area contributed by atoms with Gasteiger partial charge in [-0.25, -0.2) is 0 Å². The fraction of sp³-hybridized carbons (Fsp3) is 0.381. The first-order chi connectivity index (χ1) is 11.8. The SMILES string of the molecule is CC(C)(C)[C@@H](O)[C@@H](C(=O)O)N(Cc1ccccc1)Cc1ccccc1. The zero-order valence-electron chi connectivity index (χ0n) is 15.1. The molecule has 0 saturated heterocycles. The number of aliphatic hydroxyl groups is 1. The largest absolute Gasteiger partial charge is 0.480 e. The Kier molecular flexibility index (Phi) is 6.34. The average molecular weight is 341 g/mol. The zero-order chi connectivity index (χ0) is 18.4. The van der Waals surface area contributed by atoms with Crippen molar-refractivity contribution < 1.29 is 15.0 Å².